The zero-order valence-corrected chi connectivity index (χ0v) is 14.9. The Morgan fingerprint density at radius 1 is 1.22 bits per heavy atom. The summed E-state index contributed by atoms with van der Waals surface area (Å²) in [6, 6.07) is 12.0. The van der Waals surface area contributed by atoms with Crippen LogP contribution in [0.5, 0.6) is 11.5 Å². The molecule has 0 aliphatic heterocycles. The first-order valence-electron chi connectivity index (χ1n) is 8.25. The SMILES string of the molecule is CCOc1ccc(/C=N/NC(=O)c2n[nH]c(=O)c3ccccc23)cc1OC. The monoisotopic (exact) mass is 366 g/mol. The Morgan fingerprint density at radius 3 is 2.74 bits per heavy atom. The average molecular weight is 366 g/mol. The van der Waals surface area contributed by atoms with Crippen LogP contribution < -0.4 is 20.5 Å². The average Bonchev–Trinajstić information content (AvgIpc) is 2.69. The van der Waals surface area contributed by atoms with Crippen molar-refractivity contribution >= 4 is 22.9 Å². The quantitative estimate of drug-likeness (QED) is 0.513. The lowest BCUT2D eigenvalue weighted by atomic mass is 10.1. The van der Waals surface area contributed by atoms with E-state index in [1.807, 2.05) is 6.92 Å². The van der Waals surface area contributed by atoms with E-state index in [-0.39, 0.29) is 11.3 Å². The molecule has 8 nitrogen and oxygen atoms in total. The number of H-pyrrole nitrogens is 1. The van der Waals surface area contributed by atoms with Gasteiger partial charge in [0.1, 0.15) is 0 Å². The molecule has 138 valence electrons. The highest BCUT2D eigenvalue weighted by molar-refractivity contribution is 6.04. The van der Waals surface area contributed by atoms with E-state index in [4.69, 9.17) is 9.47 Å². The summed E-state index contributed by atoms with van der Waals surface area (Å²) in [6.07, 6.45) is 1.48. The van der Waals surface area contributed by atoms with E-state index in [0.29, 0.717) is 28.9 Å². The molecule has 1 heterocycles. The fourth-order valence-electron chi connectivity index (χ4n) is 2.55. The van der Waals surface area contributed by atoms with Gasteiger partial charge in [0.25, 0.3) is 11.5 Å². The molecule has 0 aliphatic rings. The van der Waals surface area contributed by atoms with Crippen LogP contribution in [-0.2, 0) is 0 Å². The molecule has 0 saturated heterocycles. The third-order valence-electron chi connectivity index (χ3n) is 3.78. The van der Waals surface area contributed by atoms with E-state index in [0.717, 1.165) is 5.56 Å². The van der Waals surface area contributed by atoms with Gasteiger partial charge in [-0.15, -0.1) is 0 Å². The highest BCUT2D eigenvalue weighted by Crippen LogP contribution is 2.27. The molecule has 3 aromatic rings. The van der Waals surface area contributed by atoms with Gasteiger partial charge in [-0.25, -0.2) is 10.5 Å². The van der Waals surface area contributed by atoms with Crippen molar-refractivity contribution < 1.29 is 14.3 Å². The maximum Gasteiger partial charge on any atom is 0.292 e. The number of rotatable bonds is 6. The number of aromatic nitrogens is 2. The molecule has 0 unspecified atom stereocenters. The van der Waals surface area contributed by atoms with Crippen LogP contribution in [0.15, 0.2) is 52.4 Å². The number of nitrogens with zero attached hydrogens (tertiary/aromatic N) is 2. The van der Waals surface area contributed by atoms with Gasteiger partial charge in [0.15, 0.2) is 17.2 Å². The summed E-state index contributed by atoms with van der Waals surface area (Å²) in [6.45, 7) is 2.42. The van der Waals surface area contributed by atoms with Crippen molar-refractivity contribution in [3.63, 3.8) is 0 Å². The topological polar surface area (TPSA) is 106 Å². The molecule has 27 heavy (non-hydrogen) atoms. The fourth-order valence-corrected chi connectivity index (χ4v) is 2.55. The van der Waals surface area contributed by atoms with Crippen molar-refractivity contribution in [2.45, 2.75) is 6.92 Å². The smallest absolute Gasteiger partial charge is 0.292 e. The molecule has 2 aromatic carbocycles. The second-order valence-corrected chi connectivity index (χ2v) is 5.49. The fraction of sp³-hybridized carbons (Fsp3) is 0.158. The molecule has 0 atom stereocenters. The number of ether oxygens (including phenoxy) is 2. The lowest BCUT2D eigenvalue weighted by Crippen LogP contribution is -2.22. The van der Waals surface area contributed by atoms with Crippen molar-refractivity contribution in [3.05, 3.63) is 64.1 Å². The predicted molar refractivity (Wildman–Crippen MR) is 102 cm³/mol. The molecule has 8 heteroatoms. The third kappa shape index (κ3) is 3.95. The van der Waals surface area contributed by atoms with E-state index in [2.05, 4.69) is 20.7 Å². The van der Waals surface area contributed by atoms with Crippen molar-refractivity contribution in [2.75, 3.05) is 13.7 Å². The molecule has 3 rings (SSSR count). The summed E-state index contributed by atoms with van der Waals surface area (Å²) in [7, 11) is 1.55. The Kier molecular flexibility index (Phi) is 5.46. The van der Waals surface area contributed by atoms with Gasteiger partial charge < -0.3 is 9.47 Å². The summed E-state index contributed by atoms with van der Waals surface area (Å²) < 4.78 is 10.7. The number of amides is 1. The molecule has 0 bridgehead atoms. The van der Waals surface area contributed by atoms with Gasteiger partial charge in [-0.2, -0.15) is 10.2 Å². The van der Waals surface area contributed by atoms with Gasteiger partial charge in [-0.3, -0.25) is 9.59 Å². The van der Waals surface area contributed by atoms with Crippen LogP contribution in [0.2, 0.25) is 0 Å². The molecular formula is C19H18N4O4. The molecule has 1 amide bonds. The van der Waals surface area contributed by atoms with E-state index in [1.54, 1.807) is 49.6 Å². The van der Waals surface area contributed by atoms with Crippen LogP contribution in [0.1, 0.15) is 23.0 Å². The van der Waals surface area contributed by atoms with Crippen LogP contribution >= 0.6 is 0 Å². The minimum Gasteiger partial charge on any atom is -0.493 e. The molecule has 0 saturated carbocycles. The van der Waals surface area contributed by atoms with Gasteiger partial charge in [0.05, 0.1) is 25.3 Å². The lowest BCUT2D eigenvalue weighted by molar-refractivity contribution is 0.0951. The lowest BCUT2D eigenvalue weighted by Gasteiger charge is -2.09. The van der Waals surface area contributed by atoms with Gasteiger partial charge in [-0.05, 0) is 36.8 Å². The zero-order chi connectivity index (χ0) is 19.2. The summed E-state index contributed by atoms with van der Waals surface area (Å²) in [5.41, 5.74) is 2.86. The Hall–Kier alpha value is -3.68. The van der Waals surface area contributed by atoms with E-state index < -0.39 is 5.91 Å². The largest absolute Gasteiger partial charge is 0.493 e. The number of carbonyl (C=O) groups is 1. The zero-order valence-electron chi connectivity index (χ0n) is 14.9. The second kappa shape index (κ2) is 8.13. The predicted octanol–water partition coefficient (Wildman–Crippen LogP) is 2.09. The van der Waals surface area contributed by atoms with Crippen LogP contribution in [0, 0.1) is 0 Å². The molecular weight excluding hydrogens is 348 g/mol. The number of aromatic amines is 1. The Labute approximate surface area is 154 Å². The van der Waals surface area contributed by atoms with Gasteiger partial charge in [0, 0.05) is 5.39 Å². The van der Waals surface area contributed by atoms with Crippen molar-refractivity contribution in [2.24, 2.45) is 5.10 Å². The number of benzene rings is 2. The van der Waals surface area contributed by atoms with E-state index >= 15 is 0 Å². The summed E-state index contributed by atoms with van der Waals surface area (Å²) in [4.78, 5) is 24.2. The van der Waals surface area contributed by atoms with Crippen molar-refractivity contribution in [3.8, 4) is 11.5 Å². The number of fused-ring (bicyclic) bond motifs is 1. The highest BCUT2D eigenvalue weighted by Gasteiger charge is 2.13. The Morgan fingerprint density at radius 2 is 2.00 bits per heavy atom. The van der Waals surface area contributed by atoms with Crippen molar-refractivity contribution in [1.82, 2.24) is 15.6 Å². The van der Waals surface area contributed by atoms with Gasteiger partial charge >= 0.3 is 0 Å². The number of hydrogen-bond acceptors (Lipinski definition) is 6. The molecule has 1 aromatic heterocycles. The summed E-state index contributed by atoms with van der Waals surface area (Å²) in [5.74, 6) is 0.669. The number of methoxy groups -OCH3 is 1. The molecule has 0 radical (unpaired) electrons. The first-order valence-corrected chi connectivity index (χ1v) is 8.25. The second-order valence-electron chi connectivity index (χ2n) is 5.49. The number of nitrogens with one attached hydrogen (secondary N) is 2. The number of hydrazone groups is 1. The summed E-state index contributed by atoms with van der Waals surface area (Å²) >= 11 is 0. The highest BCUT2D eigenvalue weighted by atomic mass is 16.5. The third-order valence-corrected chi connectivity index (χ3v) is 3.78. The Bertz CT molecular complexity index is 1060. The molecule has 0 aliphatic carbocycles. The first-order chi connectivity index (χ1) is 13.1. The van der Waals surface area contributed by atoms with Crippen LogP contribution in [0.4, 0.5) is 0 Å². The van der Waals surface area contributed by atoms with E-state index in [9.17, 15) is 9.59 Å². The van der Waals surface area contributed by atoms with Crippen LogP contribution in [0.25, 0.3) is 10.8 Å². The number of hydrogen-bond donors (Lipinski definition) is 2. The maximum absolute atomic E-state index is 12.4. The van der Waals surface area contributed by atoms with E-state index in [1.165, 1.54) is 6.21 Å². The Balaban J connectivity index is 1.78. The van der Waals surface area contributed by atoms with Crippen LogP contribution in [-0.4, -0.2) is 36.0 Å². The number of carbonyl (C=O) groups excluding carboxylic acids is 1. The molecule has 2 N–H and O–H groups in total. The molecule has 0 spiro atoms. The maximum atomic E-state index is 12.4. The standard InChI is InChI=1S/C19H18N4O4/c1-3-27-15-9-8-12(10-16(15)26-2)11-20-22-19(25)17-13-6-4-5-7-14(13)18(24)23-21-17/h4-11H,3H2,1-2H3,(H,22,25)(H,23,24)/b20-11+. The van der Waals surface area contributed by atoms with Gasteiger partial charge in [-0.1, -0.05) is 18.2 Å². The summed E-state index contributed by atoms with van der Waals surface area (Å²) in [5, 5.41) is 10.9. The minimum atomic E-state index is -0.531. The van der Waals surface area contributed by atoms with Crippen LogP contribution in [0.3, 0.4) is 0 Å². The first kappa shape index (κ1) is 18.1. The normalized spacial score (nSPS) is 10.9. The molecule has 0 fully saturated rings. The van der Waals surface area contributed by atoms with Crippen molar-refractivity contribution in [1.29, 1.82) is 0 Å². The minimum absolute atomic E-state index is 0.0895. The van der Waals surface area contributed by atoms with Gasteiger partial charge in [0.2, 0.25) is 0 Å².